The van der Waals surface area contributed by atoms with Crippen molar-refractivity contribution < 1.29 is 9.50 Å². The quantitative estimate of drug-likeness (QED) is 0.267. The highest BCUT2D eigenvalue weighted by Crippen LogP contribution is 2.27. The van der Waals surface area contributed by atoms with Crippen molar-refractivity contribution in [2.24, 2.45) is 10.7 Å². The van der Waals surface area contributed by atoms with Gasteiger partial charge in [-0.1, -0.05) is 65.7 Å². The van der Waals surface area contributed by atoms with E-state index in [9.17, 15) is 9.50 Å². The Balaban J connectivity index is 2.04. The van der Waals surface area contributed by atoms with Gasteiger partial charge in [-0.05, 0) is 54.5 Å². The maximum absolute atomic E-state index is 13.7. The fraction of sp³-hybridized carbons (Fsp3) is 0.0417. The predicted octanol–water partition coefficient (Wildman–Crippen LogP) is 7.36. The number of halogens is 3. The van der Waals surface area contributed by atoms with Crippen LogP contribution in [0.15, 0.2) is 89.5 Å². The second kappa shape index (κ2) is 11.8. The number of aliphatic hydroxyl groups excluding tert-OH is 1. The van der Waals surface area contributed by atoms with E-state index in [4.69, 9.17) is 28.9 Å². The molecule has 0 radical (unpaired) electrons. The molecule has 3 nitrogen and oxygen atoms in total. The summed E-state index contributed by atoms with van der Waals surface area (Å²) in [5.74, 6) is -1.10. The average molecular weight is 443 g/mol. The number of aliphatic hydroxyl groups is 1. The number of nitrogens with two attached hydrogens (primary N) is 1. The Morgan fingerprint density at radius 2 is 1.70 bits per heavy atom. The second-order valence-corrected chi connectivity index (χ2v) is 6.89. The van der Waals surface area contributed by atoms with Crippen molar-refractivity contribution in [2.75, 3.05) is 0 Å². The van der Waals surface area contributed by atoms with Crippen molar-refractivity contribution >= 4 is 47.3 Å². The molecule has 0 aliphatic carbocycles. The van der Waals surface area contributed by atoms with Gasteiger partial charge in [-0.3, -0.25) is 4.99 Å². The highest BCUT2D eigenvalue weighted by atomic mass is 35.5. The largest absolute Gasteiger partial charge is 0.505 e. The maximum Gasteiger partial charge on any atom is 0.164 e. The lowest BCUT2D eigenvalue weighted by molar-refractivity contribution is 0.406. The minimum Gasteiger partial charge on any atom is -0.505 e. The van der Waals surface area contributed by atoms with Crippen molar-refractivity contribution in [3.05, 3.63) is 111 Å². The zero-order chi connectivity index (χ0) is 21.9. The number of hydrogen-bond donors (Lipinski definition) is 2. The topological polar surface area (TPSA) is 58.6 Å². The number of benzene rings is 2. The smallest absolute Gasteiger partial charge is 0.164 e. The number of hydrogen-bond acceptors (Lipinski definition) is 3. The number of allylic oxidation sites excluding steroid dienone is 5. The summed E-state index contributed by atoms with van der Waals surface area (Å²) in [7, 11) is 0. The van der Waals surface area contributed by atoms with Crippen LogP contribution in [0.2, 0.25) is 10.0 Å². The van der Waals surface area contributed by atoms with E-state index in [0.717, 1.165) is 11.1 Å². The van der Waals surface area contributed by atoms with Crippen LogP contribution in [0.5, 0.6) is 0 Å². The van der Waals surface area contributed by atoms with Crippen LogP contribution in [0, 0.1) is 0 Å². The van der Waals surface area contributed by atoms with E-state index in [-0.39, 0.29) is 0 Å². The van der Waals surface area contributed by atoms with Gasteiger partial charge >= 0.3 is 0 Å². The first-order valence-corrected chi connectivity index (χ1v) is 9.78. The lowest BCUT2D eigenvalue weighted by atomic mass is 10.1. The third-order valence-electron chi connectivity index (χ3n) is 3.88. The van der Waals surface area contributed by atoms with E-state index in [2.05, 4.69) is 4.99 Å². The molecule has 154 valence electrons. The third-order valence-corrected chi connectivity index (χ3v) is 4.43. The molecule has 30 heavy (non-hydrogen) atoms. The van der Waals surface area contributed by atoms with Gasteiger partial charge < -0.3 is 10.8 Å². The van der Waals surface area contributed by atoms with Gasteiger partial charge in [0.25, 0.3) is 0 Å². The van der Waals surface area contributed by atoms with Crippen LogP contribution < -0.4 is 5.73 Å². The summed E-state index contributed by atoms with van der Waals surface area (Å²) in [5, 5.41) is 10.4. The summed E-state index contributed by atoms with van der Waals surface area (Å²) in [4.78, 5) is 4.33. The first-order valence-electron chi connectivity index (χ1n) is 9.02. The van der Waals surface area contributed by atoms with E-state index in [1.807, 2.05) is 30.3 Å². The normalized spacial score (nSPS) is 13.8. The highest BCUT2D eigenvalue weighted by Gasteiger charge is 2.05. The Morgan fingerprint density at radius 1 is 1.03 bits per heavy atom. The molecule has 0 atom stereocenters. The van der Waals surface area contributed by atoms with Gasteiger partial charge in [0.2, 0.25) is 0 Å². The first-order chi connectivity index (χ1) is 14.4. The van der Waals surface area contributed by atoms with Crippen molar-refractivity contribution in [1.29, 1.82) is 0 Å². The molecule has 0 aromatic heterocycles. The zero-order valence-corrected chi connectivity index (χ0v) is 17.8. The monoisotopic (exact) mass is 442 g/mol. The molecule has 0 fully saturated rings. The molecule has 2 rings (SSSR count). The molecule has 3 N–H and O–H groups in total. The Bertz CT molecular complexity index is 1050. The fourth-order valence-electron chi connectivity index (χ4n) is 2.39. The second-order valence-electron chi connectivity index (χ2n) is 6.05. The Labute approximate surface area is 185 Å². The van der Waals surface area contributed by atoms with Crippen molar-refractivity contribution in [3.63, 3.8) is 0 Å². The zero-order valence-electron chi connectivity index (χ0n) is 16.3. The van der Waals surface area contributed by atoms with Crippen LogP contribution in [0.4, 0.5) is 4.39 Å². The van der Waals surface area contributed by atoms with Gasteiger partial charge in [-0.25, -0.2) is 4.39 Å². The first kappa shape index (κ1) is 23.2. The van der Waals surface area contributed by atoms with E-state index >= 15 is 0 Å². The van der Waals surface area contributed by atoms with E-state index in [1.165, 1.54) is 18.4 Å². The van der Waals surface area contributed by atoms with E-state index < -0.39 is 11.6 Å². The van der Waals surface area contributed by atoms with Crippen molar-refractivity contribution in [3.8, 4) is 0 Å². The summed E-state index contributed by atoms with van der Waals surface area (Å²) in [6, 6.07) is 12.6. The van der Waals surface area contributed by atoms with E-state index in [1.54, 1.807) is 49.6 Å². The molecule has 0 spiro atoms. The lowest BCUT2D eigenvalue weighted by Crippen LogP contribution is -1.89. The molecule has 0 amide bonds. The predicted molar refractivity (Wildman–Crippen MR) is 127 cm³/mol. The molecule has 0 heterocycles. The third kappa shape index (κ3) is 7.07. The molecule has 2 aromatic rings. The lowest BCUT2D eigenvalue weighted by Gasteiger charge is -2.04. The number of rotatable bonds is 7. The minimum absolute atomic E-state index is 0.404. The molecule has 2 aromatic carbocycles. The van der Waals surface area contributed by atoms with Crippen molar-refractivity contribution in [2.45, 2.75) is 6.92 Å². The van der Waals surface area contributed by atoms with Gasteiger partial charge in [0.05, 0.1) is 10.7 Å². The maximum atomic E-state index is 13.7. The highest BCUT2D eigenvalue weighted by molar-refractivity contribution is 6.35. The van der Waals surface area contributed by atoms with Gasteiger partial charge in [-0.2, -0.15) is 0 Å². The molecular formula is C24H21Cl2FN2O. The van der Waals surface area contributed by atoms with Crippen LogP contribution in [-0.2, 0) is 0 Å². The summed E-state index contributed by atoms with van der Waals surface area (Å²) < 4.78 is 13.7. The molecule has 0 unspecified atom stereocenters. The van der Waals surface area contributed by atoms with Gasteiger partial charge in [0.1, 0.15) is 0 Å². The molecule has 0 aliphatic heterocycles. The van der Waals surface area contributed by atoms with Gasteiger partial charge in [0.15, 0.2) is 11.6 Å². The summed E-state index contributed by atoms with van der Waals surface area (Å²) in [5.41, 5.74) is 8.61. The van der Waals surface area contributed by atoms with Crippen LogP contribution >= 0.6 is 23.2 Å². The van der Waals surface area contributed by atoms with E-state index in [0.29, 0.717) is 21.3 Å². The van der Waals surface area contributed by atoms with Crippen LogP contribution in [0.25, 0.3) is 17.8 Å². The molecule has 0 saturated carbocycles. The molecule has 0 bridgehead atoms. The number of aliphatic imine (C=N–C) groups is 1. The fourth-order valence-corrected chi connectivity index (χ4v) is 2.89. The Morgan fingerprint density at radius 3 is 2.30 bits per heavy atom. The van der Waals surface area contributed by atoms with Gasteiger partial charge in [-0.15, -0.1) is 0 Å². The molecule has 0 saturated heterocycles. The molecular weight excluding hydrogens is 422 g/mol. The molecule has 0 aliphatic rings. The van der Waals surface area contributed by atoms with Gasteiger partial charge in [0, 0.05) is 23.0 Å². The van der Waals surface area contributed by atoms with Crippen LogP contribution in [0.1, 0.15) is 23.6 Å². The standard InChI is InChI=1S/C24H21Cl2FN2O/c1-2-4-24(30)22(27)13-10-18-8-6-17(7-9-18)5-3-14-29-23(16-28)20-12-11-19(25)15-21(20)26/h2-16,30H,28H2,1H3/b4-2-,5-3+,13-10+,23-16-,24-22-,29-14+. The Hall–Kier alpha value is -3.08. The number of nitrogens with zero attached hydrogens (tertiary/aromatic N) is 1. The molecule has 6 heteroatoms. The summed E-state index contributed by atoms with van der Waals surface area (Å²) in [6.07, 6.45) is 12.3. The summed E-state index contributed by atoms with van der Waals surface area (Å²) in [6.45, 7) is 1.70. The van der Waals surface area contributed by atoms with Crippen LogP contribution in [0.3, 0.4) is 0 Å². The van der Waals surface area contributed by atoms with Crippen molar-refractivity contribution in [1.82, 2.24) is 0 Å². The average Bonchev–Trinajstić information content (AvgIpc) is 2.74. The minimum atomic E-state index is -0.696. The SMILES string of the molecule is C\C=C/C(O)=C(F)\C=C\c1ccc(/C=C/C=N/C(=C\N)c2ccc(Cl)cc2Cl)cc1. The van der Waals surface area contributed by atoms with Crippen LogP contribution in [-0.4, -0.2) is 11.3 Å². The summed E-state index contributed by atoms with van der Waals surface area (Å²) >= 11 is 12.1. The Kier molecular flexibility index (Phi) is 9.13.